The van der Waals surface area contributed by atoms with Gasteiger partial charge in [0.2, 0.25) is 0 Å². The lowest BCUT2D eigenvalue weighted by Gasteiger charge is -2.12. The molecule has 0 radical (unpaired) electrons. The van der Waals surface area contributed by atoms with E-state index in [0.29, 0.717) is 0 Å². The number of halogens is 4. The molecule has 2 nitrogen and oxygen atoms in total. The van der Waals surface area contributed by atoms with Gasteiger partial charge in [0.15, 0.2) is 17.5 Å². The maximum Gasteiger partial charge on any atom is 0.182 e. The number of anilines is 2. The van der Waals surface area contributed by atoms with Crippen molar-refractivity contribution in [3.8, 4) is 0 Å². The van der Waals surface area contributed by atoms with Gasteiger partial charge in [-0.3, -0.25) is 0 Å². The summed E-state index contributed by atoms with van der Waals surface area (Å²) in [4.78, 5) is -0.314. The van der Waals surface area contributed by atoms with Gasteiger partial charge in [-0.1, -0.05) is 18.3 Å². The fraction of sp³-hybridized carbons (Fsp3) is 0.0714. The van der Waals surface area contributed by atoms with Crippen molar-refractivity contribution < 1.29 is 17.6 Å². The lowest BCUT2D eigenvalue weighted by atomic mass is 10.1. The monoisotopic (exact) mass is 314 g/mol. The number of nitrogens with one attached hydrogen (secondary N) is 1. The van der Waals surface area contributed by atoms with Gasteiger partial charge in [-0.15, -0.1) is 0 Å². The van der Waals surface area contributed by atoms with Gasteiger partial charge in [-0.05, 0) is 30.7 Å². The van der Waals surface area contributed by atoms with Gasteiger partial charge in [0.25, 0.3) is 0 Å². The van der Waals surface area contributed by atoms with Crippen molar-refractivity contribution in [1.82, 2.24) is 0 Å². The van der Waals surface area contributed by atoms with Crippen molar-refractivity contribution >= 4 is 28.6 Å². The highest BCUT2D eigenvalue weighted by atomic mass is 32.1. The van der Waals surface area contributed by atoms with E-state index in [1.54, 1.807) is 0 Å². The number of hydrogen-bond acceptors (Lipinski definition) is 2. The number of aryl methyl sites for hydroxylation is 1. The molecule has 0 unspecified atom stereocenters. The molecule has 0 bridgehead atoms. The van der Waals surface area contributed by atoms with Crippen LogP contribution >= 0.6 is 12.2 Å². The van der Waals surface area contributed by atoms with Crippen LogP contribution in [-0.2, 0) is 0 Å². The average molecular weight is 314 g/mol. The molecule has 110 valence electrons. The fourth-order valence-electron chi connectivity index (χ4n) is 1.74. The zero-order valence-electron chi connectivity index (χ0n) is 10.8. The van der Waals surface area contributed by atoms with Crippen molar-refractivity contribution in [2.75, 3.05) is 5.32 Å². The largest absolute Gasteiger partial charge is 0.389 e. The van der Waals surface area contributed by atoms with E-state index in [1.807, 2.05) is 0 Å². The van der Waals surface area contributed by atoms with Crippen LogP contribution in [0.25, 0.3) is 0 Å². The van der Waals surface area contributed by atoms with E-state index in [2.05, 4.69) is 17.5 Å². The van der Waals surface area contributed by atoms with Gasteiger partial charge < -0.3 is 11.1 Å². The first-order valence-corrected chi connectivity index (χ1v) is 6.23. The van der Waals surface area contributed by atoms with Crippen molar-refractivity contribution in [2.45, 2.75) is 6.92 Å². The fourth-order valence-corrected chi connectivity index (χ4v) is 1.90. The minimum Gasteiger partial charge on any atom is -0.389 e. The molecule has 0 fully saturated rings. The molecule has 2 aromatic carbocycles. The van der Waals surface area contributed by atoms with Crippen LogP contribution < -0.4 is 11.1 Å². The van der Waals surface area contributed by atoms with Crippen LogP contribution in [0.15, 0.2) is 24.3 Å². The third-order valence-electron chi connectivity index (χ3n) is 2.89. The standard InChI is InChI=1S/C14H10F4N2S/c1-6-2-4-8(15)13(10(6)16)20-9-5-3-7(14(19)21)11(17)12(9)18/h2-5,20H,1H3,(H2,19,21). The van der Waals surface area contributed by atoms with Gasteiger partial charge in [0.1, 0.15) is 16.5 Å². The molecule has 0 amide bonds. The molecular formula is C14H10F4N2S. The summed E-state index contributed by atoms with van der Waals surface area (Å²) >= 11 is 4.57. The quantitative estimate of drug-likeness (QED) is 0.666. The summed E-state index contributed by atoms with van der Waals surface area (Å²) in [6, 6.07) is 4.50. The normalized spacial score (nSPS) is 10.5. The first-order valence-electron chi connectivity index (χ1n) is 5.82. The van der Waals surface area contributed by atoms with Crippen molar-refractivity contribution in [3.05, 3.63) is 58.7 Å². The number of thiocarbonyl (C=S) groups is 1. The Labute approximate surface area is 123 Å². The topological polar surface area (TPSA) is 38.0 Å². The van der Waals surface area contributed by atoms with Crippen LogP contribution in [0.1, 0.15) is 11.1 Å². The second kappa shape index (κ2) is 5.69. The minimum atomic E-state index is -1.32. The Balaban J connectivity index is 2.49. The molecule has 0 aliphatic rings. The van der Waals surface area contributed by atoms with E-state index >= 15 is 0 Å². The number of benzene rings is 2. The molecule has 0 aliphatic carbocycles. The maximum absolute atomic E-state index is 13.9. The summed E-state index contributed by atoms with van der Waals surface area (Å²) in [5.41, 5.74) is 4.15. The molecule has 0 saturated carbocycles. The minimum absolute atomic E-state index is 0.166. The molecule has 2 aromatic rings. The number of rotatable bonds is 3. The van der Waals surface area contributed by atoms with Crippen LogP contribution in [0.2, 0.25) is 0 Å². The number of nitrogens with two attached hydrogens (primary N) is 1. The molecule has 21 heavy (non-hydrogen) atoms. The Kier molecular flexibility index (Phi) is 4.13. The molecule has 0 heterocycles. The van der Waals surface area contributed by atoms with Crippen LogP contribution in [0.4, 0.5) is 28.9 Å². The Morgan fingerprint density at radius 1 is 1.00 bits per heavy atom. The van der Waals surface area contributed by atoms with Crippen LogP contribution in [0.3, 0.4) is 0 Å². The van der Waals surface area contributed by atoms with E-state index < -0.39 is 34.6 Å². The SMILES string of the molecule is Cc1ccc(F)c(Nc2ccc(C(N)=S)c(F)c2F)c1F. The van der Waals surface area contributed by atoms with E-state index in [9.17, 15) is 17.6 Å². The highest BCUT2D eigenvalue weighted by Crippen LogP contribution is 2.28. The third kappa shape index (κ3) is 2.82. The average Bonchev–Trinajstić information content (AvgIpc) is 2.43. The first kappa shape index (κ1) is 15.2. The molecule has 0 aromatic heterocycles. The van der Waals surface area contributed by atoms with Crippen molar-refractivity contribution in [2.24, 2.45) is 5.73 Å². The van der Waals surface area contributed by atoms with Gasteiger partial charge in [0, 0.05) is 5.56 Å². The lowest BCUT2D eigenvalue weighted by Crippen LogP contribution is -2.13. The molecular weight excluding hydrogens is 304 g/mol. The highest BCUT2D eigenvalue weighted by Gasteiger charge is 2.18. The van der Waals surface area contributed by atoms with Gasteiger partial charge >= 0.3 is 0 Å². The van der Waals surface area contributed by atoms with Crippen molar-refractivity contribution in [3.63, 3.8) is 0 Å². The lowest BCUT2D eigenvalue weighted by molar-refractivity contribution is 0.510. The maximum atomic E-state index is 13.9. The predicted octanol–water partition coefficient (Wildman–Crippen LogP) is 3.93. The highest BCUT2D eigenvalue weighted by molar-refractivity contribution is 7.80. The summed E-state index contributed by atoms with van der Waals surface area (Å²) in [7, 11) is 0. The zero-order valence-corrected chi connectivity index (χ0v) is 11.6. The molecule has 0 saturated heterocycles. The van der Waals surface area contributed by atoms with E-state index in [-0.39, 0.29) is 16.1 Å². The second-order valence-electron chi connectivity index (χ2n) is 4.33. The van der Waals surface area contributed by atoms with Crippen LogP contribution in [-0.4, -0.2) is 4.99 Å². The predicted molar refractivity (Wildman–Crippen MR) is 76.6 cm³/mol. The van der Waals surface area contributed by atoms with Crippen LogP contribution in [0.5, 0.6) is 0 Å². The summed E-state index contributed by atoms with van der Waals surface area (Å²) in [5, 5.41) is 2.21. The first-order chi connectivity index (χ1) is 9.82. The molecule has 3 N–H and O–H groups in total. The van der Waals surface area contributed by atoms with E-state index in [0.717, 1.165) is 18.2 Å². The Morgan fingerprint density at radius 3 is 2.29 bits per heavy atom. The third-order valence-corrected chi connectivity index (χ3v) is 3.11. The Bertz CT molecular complexity index is 731. The Morgan fingerprint density at radius 2 is 1.67 bits per heavy atom. The van der Waals surface area contributed by atoms with Crippen molar-refractivity contribution in [1.29, 1.82) is 0 Å². The van der Waals surface area contributed by atoms with Crippen LogP contribution in [0, 0.1) is 30.2 Å². The molecule has 7 heteroatoms. The summed E-state index contributed by atoms with van der Waals surface area (Å²) in [5.74, 6) is -4.40. The molecule has 0 atom stereocenters. The summed E-state index contributed by atoms with van der Waals surface area (Å²) in [6.45, 7) is 1.42. The van der Waals surface area contributed by atoms with E-state index in [1.165, 1.54) is 13.0 Å². The van der Waals surface area contributed by atoms with E-state index in [4.69, 9.17) is 5.73 Å². The van der Waals surface area contributed by atoms with Gasteiger partial charge in [-0.2, -0.15) is 0 Å². The van der Waals surface area contributed by atoms with Gasteiger partial charge in [0.05, 0.1) is 5.69 Å². The molecule has 2 rings (SSSR count). The Hall–Kier alpha value is -2.15. The summed E-state index contributed by atoms with van der Waals surface area (Å²) < 4.78 is 55.0. The summed E-state index contributed by atoms with van der Waals surface area (Å²) in [6.07, 6.45) is 0. The second-order valence-corrected chi connectivity index (χ2v) is 4.77. The zero-order chi connectivity index (χ0) is 15.7. The molecule has 0 aliphatic heterocycles. The smallest absolute Gasteiger partial charge is 0.182 e. The molecule has 0 spiro atoms. The number of hydrogen-bond donors (Lipinski definition) is 2. The van der Waals surface area contributed by atoms with Gasteiger partial charge in [-0.25, -0.2) is 17.6 Å².